The number of phenolic OH excluding ortho intramolecular Hbond substituents is 1. The molecule has 1 heterocycles. The number of phenols is 1. The summed E-state index contributed by atoms with van der Waals surface area (Å²) < 4.78 is 22.6. The van der Waals surface area contributed by atoms with Crippen molar-refractivity contribution in [1.29, 1.82) is 0 Å². The van der Waals surface area contributed by atoms with Crippen LogP contribution in [0.2, 0.25) is 0 Å². The van der Waals surface area contributed by atoms with Gasteiger partial charge >= 0.3 is 11.9 Å². The number of aromatic hydroxyl groups is 1. The summed E-state index contributed by atoms with van der Waals surface area (Å²) in [6, 6.07) is 0. The number of benzene rings is 1. The second-order valence-electron chi connectivity index (χ2n) is 11.2. The predicted octanol–water partition coefficient (Wildman–Crippen LogP) is 4.73. The first-order chi connectivity index (χ1) is 17.4. The van der Waals surface area contributed by atoms with E-state index in [1.807, 2.05) is 6.92 Å². The second kappa shape index (κ2) is 10.7. The van der Waals surface area contributed by atoms with Crippen LogP contribution < -0.4 is 4.74 Å². The van der Waals surface area contributed by atoms with E-state index >= 15 is 0 Å². The van der Waals surface area contributed by atoms with Crippen molar-refractivity contribution in [2.75, 3.05) is 6.61 Å². The van der Waals surface area contributed by atoms with Crippen LogP contribution in [0.15, 0.2) is 11.6 Å². The van der Waals surface area contributed by atoms with Gasteiger partial charge in [-0.1, -0.05) is 25.5 Å². The zero-order valence-electron chi connectivity index (χ0n) is 22.9. The maximum Gasteiger partial charge on any atom is 0.303 e. The minimum atomic E-state index is -1.35. The highest BCUT2D eigenvalue weighted by Crippen LogP contribution is 2.58. The maximum atomic E-state index is 11.9. The first-order valence-corrected chi connectivity index (χ1v) is 13.3. The summed E-state index contributed by atoms with van der Waals surface area (Å²) in [6.45, 7) is 12.9. The quantitative estimate of drug-likeness (QED) is 0.427. The lowest BCUT2D eigenvalue weighted by Gasteiger charge is -2.44. The molecule has 3 aliphatic rings. The summed E-state index contributed by atoms with van der Waals surface area (Å²) in [6.07, 6.45) is 0.566. The van der Waals surface area contributed by atoms with Crippen molar-refractivity contribution in [2.45, 2.75) is 110 Å². The Bertz CT molecular complexity index is 1090. The van der Waals surface area contributed by atoms with E-state index in [-0.39, 0.29) is 29.9 Å². The highest BCUT2D eigenvalue weighted by atomic mass is 16.7. The predicted molar refractivity (Wildman–Crippen MR) is 137 cm³/mol. The molecule has 0 saturated carbocycles. The monoisotopic (exact) mass is 516 g/mol. The van der Waals surface area contributed by atoms with Crippen molar-refractivity contribution < 1.29 is 38.7 Å². The van der Waals surface area contributed by atoms with Crippen molar-refractivity contribution in [3.8, 4) is 11.5 Å². The molecule has 8 heteroatoms. The molecule has 1 aromatic rings. The third-order valence-electron chi connectivity index (χ3n) is 8.05. The normalized spacial score (nSPS) is 32.6. The summed E-state index contributed by atoms with van der Waals surface area (Å²) in [7, 11) is 0. The Labute approximate surface area is 218 Å². The van der Waals surface area contributed by atoms with Gasteiger partial charge < -0.3 is 29.2 Å². The number of rotatable bonds is 5. The molecule has 8 atom stereocenters. The standard InChI is InChI=1S/C29H40O8/c1-13(2)10-19-11-15(4)20-9-8-14(3)22-24(20)23(19)16(5)27(26(22)33)37-29-28(36-18(7)31)25(32)21(12-34-29)35-17(6)30/h10,14-15,19-21,25,28-29,32-33H,8-9,11-12H2,1-7H3/t14-,15-,19+,20+,21-,25-,28+,29+/m0/s1. The van der Waals surface area contributed by atoms with Gasteiger partial charge in [-0.25, -0.2) is 0 Å². The number of aliphatic hydroxyl groups excluding tert-OH is 1. The average molecular weight is 517 g/mol. The third-order valence-corrected chi connectivity index (χ3v) is 8.05. The number of carbonyl (C=O) groups excluding carboxylic acids is 2. The van der Waals surface area contributed by atoms with Crippen LogP contribution >= 0.6 is 0 Å². The molecule has 8 nitrogen and oxygen atoms in total. The number of carbonyl (C=O) groups is 2. The number of esters is 2. The first-order valence-electron chi connectivity index (χ1n) is 13.3. The van der Waals surface area contributed by atoms with Gasteiger partial charge in [0.25, 0.3) is 0 Å². The minimum Gasteiger partial charge on any atom is -0.504 e. The van der Waals surface area contributed by atoms with Gasteiger partial charge in [0, 0.05) is 25.3 Å². The van der Waals surface area contributed by atoms with E-state index in [9.17, 15) is 19.8 Å². The SMILES string of the molecule is CC(=O)O[C@H]1[C@@H](Oc2c(C)c3c4c(c2O)[C@@H](C)CC[C@@H]4[C@@H](C)C[C@H]3C=C(C)C)OC[C@H](OC(C)=O)[C@@H]1O. The van der Waals surface area contributed by atoms with Gasteiger partial charge in [-0.15, -0.1) is 0 Å². The number of hydrogen-bond acceptors (Lipinski definition) is 8. The molecule has 0 unspecified atom stereocenters. The molecule has 0 aromatic heterocycles. The molecule has 0 radical (unpaired) electrons. The van der Waals surface area contributed by atoms with Crippen LogP contribution in [0.3, 0.4) is 0 Å². The van der Waals surface area contributed by atoms with Crippen LogP contribution in [-0.2, 0) is 23.8 Å². The molecular weight excluding hydrogens is 476 g/mol. The van der Waals surface area contributed by atoms with Gasteiger partial charge in [0.1, 0.15) is 6.10 Å². The van der Waals surface area contributed by atoms with Crippen LogP contribution in [0.1, 0.15) is 101 Å². The fourth-order valence-corrected chi connectivity index (χ4v) is 6.55. The fraction of sp³-hybridized carbons (Fsp3) is 0.655. The molecule has 4 rings (SSSR count). The number of ether oxygens (including phenoxy) is 4. The van der Waals surface area contributed by atoms with Gasteiger partial charge in [-0.3, -0.25) is 9.59 Å². The third kappa shape index (κ3) is 5.23. The van der Waals surface area contributed by atoms with Gasteiger partial charge in [0.15, 0.2) is 23.7 Å². The molecule has 1 aliphatic heterocycles. The van der Waals surface area contributed by atoms with Gasteiger partial charge in [0.05, 0.1) is 6.61 Å². The summed E-state index contributed by atoms with van der Waals surface area (Å²) in [5.74, 6) is 0.360. The molecule has 37 heavy (non-hydrogen) atoms. The Morgan fingerprint density at radius 1 is 1.00 bits per heavy atom. The molecule has 1 fully saturated rings. The van der Waals surface area contributed by atoms with Gasteiger partial charge in [0.2, 0.25) is 6.29 Å². The van der Waals surface area contributed by atoms with Crippen LogP contribution in [0.25, 0.3) is 0 Å². The molecule has 0 bridgehead atoms. The maximum absolute atomic E-state index is 11.9. The molecule has 2 aliphatic carbocycles. The number of aliphatic hydroxyl groups is 1. The largest absolute Gasteiger partial charge is 0.504 e. The lowest BCUT2D eigenvalue weighted by molar-refractivity contribution is -0.255. The van der Waals surface area contributed by atoms with Gasteiger partial charge in [-0.05, 0) is 74.5 Å². The fourth-order valence-electron chi connectivity index (χ4n) is 6.55. The minimum absolute atomic E-state index is 0.0836. The van der Waals surface area contributed by atoms with E-state index in [1.54, 1.807) is 0 Å². The Morgan fingerprint density at radius 3 is 2.30 bits per heavy atom. The van der Waals surface area contributed by atoms with Crippen molar-refractivity contribution in [3.63, 3.8) is 0 Å². The van der Waals surface area contributed by atoms with E-state index in [2.05, 4.69) is 33.8 Å². The van der Waals surface area contributed by atoms with Crippen LogP contribution in [0.4, 0.5) is 0 Å². The second-order valence-corrected chi connectivity index (χ2v) is 11.2. The van der Waals surface area contributed by atoms with E-state index < -0.39 is 36.5 Å². The molecule has 2 N–H and O–H groups in total. The summed E-state index contributed by atoms with van der Waals surface area (Å²) in [5, 5.41) is 22.5. The summed E-state index contributed by atoms with van der Waals surface area (Å²) >= 11 is 0. The van der Waals surface area contributed by atoms with Crippen LogP contribution in [0.5, 0.6) is 11.5 Å². The number of allylic oxidation sites excluding steroid dienone is 2. The van der Waals surface area contributed by atoms with Crippen LogP contribution in [0, 0.1) is 12.8 Å². The Balaban J connectivity index is 1.80. The van der Waals surface area contributed by atoms with Crippen molar-refractivity contribution in [2.24, 2.45) is 5.92 Å². The highest BCUT2D eigenvalue weighted by Gasteiger charge is 2.47. The van der Waals surface area contributed by atoms with E-state index in [4.69, 9.17) is 18.9 Å². The summed E-state index contributed by atoms with van der Waals surface area (Å²) in [5.41, 5.74) is 5.42. The van der Waals surface area contributed by atoms with Crippen molar-refractivity contribution in [1.82, 2.24) is 0 Å². The van der Waals surface area contributed by atoms with E-state index in [1.165, 1.54) is 30.5 Å². The highest BCUT2D eigenvalue weighted by molar-refractivity contribution is 5.67. The Morgan fingerprint density at radius 2 is 1.68 bits per heavy atom. The topological polar surface area (TPSA) is 112 Å². The van der Waals surface area contributed by atoms with E-state index in [0.29, 0.717) is 11.8 Å². The Hall–Kier alpha value is -2.58. The zero-order valence-corrected chi connectivity index (χ0v) is 22.9. The molecular formula is C29H40O8. The van der Waals surface area contributed by atoms with Crippen molar-refractivity contribution in [3.05, 3.63) is 33.9 Å². The molecule has 0 spiro atoms. The molecule has 1 aromatic carbocycles. The number of hydrogen-bond donors (Lipinski definition) is 2. The van der Waals surface area contributed by atoms with E-state index in [0.717, 1.165) is 30.4 Å². The first kappa shape index (κ1) is 27.5. The lowest BCUT2D eigenvalue weighted by Crippen LogP contribution is -2.57. The van der Waals surface area contributed by atoms with Crippen LogP contribution in [-0.4, -0.2) is 53.4 Å². The average Bonchev–Trinajstić information content (AvgIpc) is 2.79. The molecule has 0 amide bonds. The smallest absolute Gasteiger partial charge is 0.303 e. The molecule has 1 saturated heterocycles. The van der Waals surface area contributed by atoms with Gasteiger partial charge in [-0.2, -0.15) is 0 Å². The summed E-state index contributed by atoms with van der Waals surface area (Å²) in [4.78, 5) is 23.3. The molecule has 204 valence electrons. The van der Waals surface area contributed by atoms with Crippen molar-refractivity contribution >= 4 is 11.9 Å². The Kier molecular flexibility index (Phi) is 7.91. The lowest BCUT2D eigenvalue weighted by atomic mass is 9.62. The zero-order chi connectivity index (χ0) is 27.2.